The van der Waals surface area contributed by atoms with Crippen LogP contribution in [0.15, 0.2) is 0 Å². The average Bonchev–Trinajstić information content (AvgIpc) is 3.22. The van der Waals surface area contributed by atoms with Gasteiger partial charge >= 0.3 is 29.8 Å². The lowest BCUT2D eigenvalue weighted by atomic mass is 9.86. The molecule has 0 fully saturated rings. The monoisotopic (exact) mass is 868 g/mol. The molecule has 12 heteroatoms. The van der Waals surface area contributed by atoms with Crippen molar-refractivity contribution in [1.29, 1.82) is 0 Å². The molecule has 0 spiro atoms. The van der Waals surface area contributed by atoms with Crippen molar-refractivity contribution >= 4 is 35.8 Å². The number of carbonyl (C=O) groups excluding carboxylic acids is 5. The quantitative estimate of drug-likeness (QED) is 0.0259. The van der Waals surface area contributed by atoms with Crippen molar-refractivity contribution in [2.45, 2.75) is 234 Å². The number of carboxylic acid groups (broad SMARTS) is 1. The molecule has 3 unspecified atom stereocenters. The van der Waals surface area contributed by atoms with Gasteiger partial charge in [0.1, 0.15) is 13.0 Å². The third kappa shape index (κ3) is 34.0. The fourth-order valence-corrected chi connectivity index (χ4v) is 7.34. The smallest absolute Gasteiger partial charge is 0.317 e. The van der Waals surface area contributed by atoms with Crippen molar-refractivity contribution in [2.24, 2.45) is 17.3 Å². The van der Waals surface area contributed by atoms with E-state index >= 15 is 0 Å². The lowest BCUT2D eigenvalue weighted by Gasteiger charge is -2.32. The predicted octanol–water partition coefficient (Wildman–Crippen LogP) is 11.4. The highest BCUT2D eigenvalue weighted by Crippen LogP contribution is 2.26. The molecule has 3 atom stereocenters. The van der Waals surface area contributed by atoms with E-state index in [0.29, 0.717) is 12.5 Å². The Bertz CT molecular complexity index is 1170. The third-order valence-electron chi connectivity index (χ3n) is 11.3. The summed E-state index contributed by atoms with van der Waals surface area (Å²) in [6.45, 7) is 12.0. The van der Waals surface area contributed by atoms with Gasteiger partial charge in [0.2, 0.25) is 0 Å². The number of unbranched alkanes of at least 4 members (excludes halogenated alkanes) is 16. The maximum atomic E-state index is 13.2. The molecular formula is C49H89NO11. The zero-order chi connectivity index (χ0) is 45.6. The summed E-state index contributed by atoms with van der Waals surface area (Å²) in [4.78, 5) is 75.5. The number of rotatable bonds is 42. The molecule has 0 aliphatic heterocycles. The largest absolute Gasteiger partial charge is 0.481 e. The number of hydrogen-bond donors (Lipinski definition) is 2. The zero-order valence-electron chi connectivity index (χ0n) is 39.6. The number of carbonyl (C=O) groups is 6. The number of carboxylic acids is 1. The second-order valence-electron chi connectivity index (χ2n) is 17.9. The third-order valence-corrected chi connectivity index (χ3v) is 11.3. The molecule has 356 valence electrons. The van der Waals surface area contributed by atoms with Crippen molar-refractivity contribution in [3.8, 4) is 0 Å². The number of esters is 4. The van der Waals surface area contributed by atoms with Gasteiger partial charge in [-0.3, -0.25) is 28.8 Å². The van der Waals surface area contributed by atoms with Crippen LogP contribution in [0.25, 0.3) is 0 Å². The number of nitrogens with one attached hydrogen (secondary N) is 1. The van der Waals surface area contributed by atoms with E-state index in [1.54, 1.807) is 13.8 Å². The zero-order valence-corrected chi connectivity index (χ0v) is 39.6. The van der Waals surface area contributed by atoms with Crippen LogP contribution in [0.4, 0.5) is 0 Å². The second kappa shape index (κ2) is 38.5. The Kier molecular flexibility index (Phi) is 36.5. The van der Waals surface area contributed by atoms with Crippen LogP contribution in [0.3, 0.4) is 0 Å². The molecule has 0 aliphatic carbocycles. The molecule has 0 rings (SSSR count). The van der Waals surface area contributed by atoms with Gasteiger partial charge in [-0.05, 0) is 43.9 Å². The first-order chi connectivity index (χ1) is 29.3. The summed E-state index contributed by atoms with van der Waals surface area (Å²) in [5.41, 5.74) is -1.26. The fraction of sp³-hybridized carbons (Fsp3) is 0.878. The van der Waals surface area contributed by atoms with Crippen molar-refractivity contribution < 1.29 is 52.8 Å². The van der Waals surface area contributed by atoms with Crippen LogP contribution in [0.5, 0.6) is 0 Å². The van der Waals surface area contributed by atoms with Crippen molar-refractivity contribution in [1.82, 2.24) is 5.32 Å². The van der Waals surface area contributed by atoms with E-state index in [2.05, 4.69) is 33.0 Å². The molecule has 0 saturated carbocycles. The van der Waals surface area contributed by atoms with E-state index in [4.69, 9.17) is 24.1 Å². The van der Waals surface area contributed by atoms with Crippen molar-refractivity contribution in [2.75, 3.05) is 26.4 Å². The van der Waals surface area contributed by atoms with Gasteiger partial charge in [-0.2, -0.15) is 0 Å². The van der Waals surface area contributed by atoms with Gasteiger partial charge in [0, 0.05) is 24.8 Å². The minimum Gasteiger partial charge on any atom is -0.481 e. The molecule has 0 aromatic rings. The summed E-state index contributed by atoms with van der Waals surface area (Å²) in [7, 11) is 0. The van der Waals surface area contributed by atoms with Gasteiger partial charge in [-0.25, -0.2) is 0 Å². The fourth-order valence-electron chi connectivity index (χ4n) is 7.34. The van der Waals surface area contributed by atoms with Crippen LogP contribution in [0.1, 0.15) is 228 Å². The van der Waals surface area contributed by atoms with Gasteiger partial charge in [0.15, 0.2) is 6.10 Å². The highest BCUT2D eigenvalue weighted by Gasteiger charge is 2.40. The Morgan fingerprint density at radius 1 is 0.492 bits per heavy atom. The first-order valence-corrected chi connectivity index (χ1v) is 24.4. The highest BCUT2D eigenvalue weighted by atomic mass is 16.6. The molecule has 61 heavy (non-hydrogen) atoms. The minimum atomic E-state index is -1.45. The van der Waals surface area contributed by atoms with Crippen LogP contribution < -0.4 is 5.32 Å². The van der Waals surface area contributed by atoms with Gasteiger partial charge in [0.25, 0.3) is 5.91 Å². The SMILES string of the molecule is CCCCCCCCC(CCCCCC)COC(=O)CCCC(=O)OC(C(=O)NCCC(=O)O)C(C)(C)COC(=O)CC(=O)OCC(CCCCCC)CCCCCCCC. The molecule has 2 N–H and O–H groups in total. The standard InChI is InChI=1S/C49H89NO11/c1-7-11-15-19-21-25-30-40(28-23-17-13-9-3)37-58-43(53)32-27-33-44(54)61-47(48(57)50-35-34-42(51)52)49(5,6)39-60-46(56)36-45(55)59-38-41(29-24-18-14-10-4)31-26-22-20-16-12-8-2/h40-41,47H,7-39H2,1-6H3,(H,50,57)(H,51,52). The predicted molar refractivity (Wildman–Crippen MR) is 241 cm³/mol. The summed E-state index contributed by atoms with van der Waals surface area (Å²) >= 11 is 0. The molecule has 12 nitrogen and oxygen atoms in total. The second-order valence-corrected chi connectivity index (χ2v) is 17.9. The molecule has 0 aromatic heterocycles. The number of amides is 1. The molecule has 1 amide bonds. The van der Waals surface area contributed by atoms with E-state index in [-0.39, 0.29) is 57.3 Å². The molecular weight excluding hydrogens is 779 g/mol. The Morgan fingerprint density at radius 2 is 0.885 bits per heavy atom. The molecule has 0 heterocycles. The van der Waals surface area contributed by atoms with Crippen molar-refractivity contribution in [3.63, 3.8) is 0 Å². The summed E-state index contributed by atoms with van der Waals surface area (Å²) in [5, 5.41) is 11.5. The van der Waals surface area contributed by atoms with Crippen LogP contribution in [-0.4, -0.2) is 73.3 Å². The first kappa shape index (κ1) is 57.8. The Balaban J connectivity index is 5.19. The Labute approximate surface area is 370 Å². The summed E-state index contributed by atoms with van der Waals surface area (Å²) in [6.07, 6.45) is 25.2. The van der Waals surface area contributed by atoms with Gasteiger partial charge in [-0.1, -0.05) is 170 Å². The number of hydrogen-bond acceptors (Lipinski definition) is 10. The minimum absolute atomic E-state index is 0.0138. The van der Waals surface area contributed by atoms with Crippen molar-refractivity contribution in [3.05, 3.63) is 0 Å². The molecule has 0 bridgehead atoms. The molecule has 0 aromatic carbocycles. The maximum Gasteiger partial charge on any atom is 0.317 e. The lowest BCUT2D eigenvalue weighted by molar-refractivity contribution is -0.170. The van der Waals surface area contributed by atoms with Crippen LogP contribution >= 0.6 is 0 Å². The van der Waals surface area contributed by atoms with E-state index in [1.165, 1.54) is 77.0 Å². The van der Waals surface area contributed by atoms with E-state index in [1.807, 2.05) is 0 Å². The van der Waals surface area contributed by atoms with Gasteiger partial charge in [-0.15, -0.1) is 0 Å². The molecule has 0 saturated heterocycles. The highest BCUT2D eigenvalue weighted by molar-refractivity contribution is 5.91. The van der Waals surface area contributed by atoms with Crippen LogP contribution in [-0.2, 0) is 47.7 Å². The normalized spacial score (nSPS) is 12.9. The maximum absolute atomic E-state index is 13.2. The van der Waals surface area contributed by atoms with Crippen LogP contribution in [0, 0.1) is 17.3 Å². The van der Waals surface area contributed by atoms with Crippen LogP contribution in [0.2, 0.25) is 0 Å². The number of aliphatic carboxylic acids is 1. The Morgan fingerprint density at radius 3 is 1.34 bits per heavy atom. The van der Waals surface area contributed by atoms with E-state index in [9.17, 15) is 28.8 Å². The van der Waals surface area contributed by atoms with E-state index in [0.717, 1.165) is 77.0 Å². The average molecular weight is 868 g/mol. The Hall–Kier alpha value is -3.18. The topological polar surface area (TPSA) is 172 Å². The molecule has 0 aliphatic rings. The lowest BCUT2D eigenvalue weighted by Crippen LogP contribution is -2.49. The van der Waals surface area contributed by atoms with Gasteiger partial charge in [0.05, 0.1) is 19.6 Å². The number of ether oxygens (including phenoxy) is 4. The summed E-state index contributed by atoms with van der Waals surface area (Å²) in [6, 6.07) is 0. The molecule has 0 radical (unpaired) electrons. The van der Waals surface area contributed by atoms with E-state index < -0.39 is 47.7 Å². The first-order valence-electron chi connectivity index (χ1n) is 24.4. The summed E-state index contributed by atoms with van der Waals surface area (Å²) < 4.78 is 22.2. The van der Waals surface area contributed by atoms with Gasteiger partial charge < -0.3 is 29.4 Å². The summed E-state index contributed by atoms with van der Waals surface area (Å²) in [5.74, 6) is -3.96.